The zero-order valence-corrected chi connectivity index (χ0v) is 18.2. The fourth-order valence-corrected chi connectivity index (χ4v) is 4.56. The lowest BCUT2D eigenvalue weighted by atomic mass is 10.1. The van der Waals surface area contributed by atoms with E-state index in [1.807, 2.05) is 17.0 Å². The van der Waals surface area contributed by atoms with E-state index in [0.29, 0.717) is 35.4 Å². The van der Waals surface area contributed by atoms with Gasteiger partial charge in [-0.25, -0.2) is 9.29 Å². The number of amides is 2. The quantitative estimate of drug-likeness (QED) is 0.627. The van der Waals surface area contributed by atoms with Gasteiger partial charge in [-0.05, 0) is 35.9 Å². The summed E-state index contributed by atoms with van der Waals surface area (Å²) < 4.78 is 13.4. The molecule has 0 aliphatic carbocycles. The first-order valence-electron chi connectivity index (χ1n) is 9.55. The molecule has 2 aromatic rings. The Labute approximate surface area is 188 Å². The molecule has 9 heteroatoms. The van der Waals surface area contributed by atoms with Gasteiger partial charge in [0.1, 0.15) is 5.82 Å². The lowest BCUT2D eigenvalue weighted by molar-refractivity contribution is -0.123. The van der Waals surface area contributed by atoms with Crippen LogP contribution >= 0.6 is 34.8 Å². The zero-order chi connectivity index (χ0) is 21.4. The Balaban J connectivity index is 1.39. The van der Waals surface area contributed by atoms with E-state index >= 15 is 0 Å². The third-order valence-corrected chi connectivity index (χ3v) is 6.42. The average Bonchev–Trinajstić information content (AvgIpc) is 3.01. The lowest BCUT2D eigenvalue weighted by Gasteiger charge is -2.37. The van der Waals surface area contributed by atoms with Crippen LogP contribution in [0.5, 0.6) is 0 Å². The van der Waals surface area contributed by atoms with Crippen molar-refractivity contribution < 1.29 is 14.0 Å². The number of imide groups is 1. The molecule has 2 aromatic carbocycles. The Morgan fingerprint density at radius 1 is 0.933 bits per heavy atom. The fraction of sp³-hybridized carbons (Fsp3) is 0.333. The number of benzene rings is 2. The molecule has 5 nitrogen and oxygen atoms in total. The van der Waals surface area contributed by atoms with Crippen molar-refractivity contribution >= 4 is 52.3 Å². The van der Waals surface area contributed by atoms with Gasteiger partial charge in [-0.3, -0.25) is 19.4 Å². The highest BCUT2D eigenvalue weighted by molar-refractivity contribution is 6.35. The minimum Gasteiger partial charge on any atom is -0.296 e. The second kappa shape index (κ2) is 8.81. The molecular formula is C21H19Cl3FN3O2. The van der Waals surface area contributed by atoms with Crippen LogP contribution in [0.2, 0.25) is 15.1 Å². The van der Waals surface area contributed by atoms with Crippen molar-refractivity contribution in [1.82, 2.24) is 9.80 Å². The van der Waals surface area contributed by atoms with Crippen LogP contribution in [-0.2, 0) is 16.1 Å². The van der Waals surface area contributed by atoms with Crippen molar-refractivity contribution in [2.45, 2.75) is 19.0 Å². The summed E-state index contributed by atoms with van der Waals surface area (Å²) in [6.07, 6.45) is 0.108. The predicted octanol–water partition coefficient (Wildman–Crippen LogP) is 4.24. The van der Waals surface area contributed by atoms with Crippen LogP contribution in [0.4, 0.5) is 10.1 Å². The van der Waals surface area contributed by atoms with Gasteiger partial charge in [0.15, 0.2) is 0 Å². The fourth-order valence-electron chi connectivity index (χ4n) is 3.92. The number of hydrogen-bond acceptors (Lipinski definition) is 4. The third kappa shape index (κ3) is 4.34. The average molecular weight is 471 g/mol. The van der Waals surface area contributed by atoms with Gasteiger partial charge in [0.25, 0.3) is 5.91 Å². The number of rotatable bonds is 4. The zero-order valence-electron chi connectivity index (χ0n) is 16.0. The molecule has 30 heavy (non-hydrogen) atoms. The van der Waals surface area contributed by atoms with Crippen molar-refractivity contribution in [1.29, 1.82) is 0 Å². The van der Waals surface area contributed by atoms with Crippen LogP contribution in [-0.4, -0.2) is 53.8 Å². The van der Waals surface area contributed by atoms with Crippen molar-refractivity contribution in [2.24, 2.45) is 0 Å². The van der Waals surface area contributed by atoms with Gasteiger partial charge in [-0.2, -0.15) is 0 Å². The summed E-state index contributed by atoms with van der Waals surface area (Å²) in [7, 11) is 0. The molecule has 4 rings (SSSR count). The first kappa shape index (κ1) is 21.5. The van der Waals surface area contributed by atoms with E-state index in [0.717, 1.165) is 29.6 Å². The molecule has 0 unspecified atom stereocenters. The third-order valence-electron chi connectivity index (χ3n) is 5.54. The number of hydrogen-bond donors (Lipinski definition) is 0. The number of nitrogens with zero attached hydrogens (tertiary/aromatic N) is 3. The Hall–Kier alpha value is -1.70. The number of piperazine rings is 1. The Bertz CT molecular complexity index is 995. The Morgan fingerprint density at radius 2 is 1.67 bits per heavy atom. The molecular weight excluding hydrogens is 452 g/mol. The van der Waals surface area contributed by atoms with E-state index in [2.05, 4.69) is 4.90 Å². The minimum atomic E-state index is -0.590. The van der Waals surface area contributed by atoms with E-state index < -0.39 is 11.9 Å². The normalized spacial score (nSPS) is 20.9. The molecule has 2 aliphatic rings. The van der Waals surface area contributed by atoms with Crippen molar-refractivity contribution in [3.05, 3.63) is 62.8 Å². The second-order valence-corrected chi connectivity index (χ2v) is 8.68. The van der Waals surface area contributed by atoms with Gasteiger partial charge in [0.2, 0.25) is 5.91 Å². The second-order valence-electron chi connectivity index (χ2n) is 7.43. The standard InChI is InChI=1S/C21H19Cl3FN3O2/c22-14-2-1-13(16(23)9-14)12-26-5-7-27(8-6-26)19-11-20(29)28(21(19)30)15-3-4-18(25)17(24)10-15/h1-4,9-10,19H,5-8,11-12H2/t19-/m0/s1. The molecule has 0 N–H and O–H groups in total. The Morgan fingerprint density at radius 3 is 2.33 bits per heavy atom. The molecule has 158 valence electrons. The number of anilines is 1. The van der Waals surface area contributed by atoms with E-state index in [9.17, 15) is 14.0 Å². The molecule has 0 bridgehead atoms. The van der Waals surface area contributed by atoms with Gasteiger partial charge in [0, 0.05) is 42.8 Å². The van der Waals surface area contributed by atoms with Crippen LogP contribution in [0, 0.1) is 5.82 Å². The van der Waals surface area contributed by atoms with Crippen molar-refractivity contribution in [3.63, 3.8) is 0 Å². The highest BCUT2D eigenvalue weighted by Crippen LogP contribution is 2.30. The molecule has 2 amide bonds. The molecule has 2 heterocycles. The smallest absolute Gasteiger partial charge is 0.251 e. The van der Waals surface area contributed by atoms with Crippen molar-refractivity contribution in [3.8, 4) is 0 Å². The summed E-state index contributed by atoms with van der Waals surface area (Å²) in [5, 5.41) is 1.12. The summed E-state index contributed by atoms with van der Waals surface area (Å²) in [5.74, 6) is -1.19. The van der Waals surface area contributed by atoms with Gasteiger partial charge in [-0.15, -0.1) is 0 Å². The van der Waals surface area contributed by atoms with Crippen LogP contribution < -0.4 is 4.90 Å². The summed E-state index contributed by atoms with van der Waals surface area (Å²) in [4.78, 5) is 30.8. The van der Waals surface area contributed by atoms with E-state index in [1.54, 1.807) is 6.07 Å². The Kier molecular flexibility index (Phi) is 6.32. The number of halogens is 4. The predicted molar refractivity (Wildman–Crippen MR) is 116 cm³/mol. The monoisotopic (exact) mass is 469 g/mol. The summed E-state index contributed by atoms with van der Waals surface area (Å²) in [5.41, 5.74) is 1.30. The van der Waals surface area contributed by atoms with Crippen LogP contribution in [0.25, 0.3) is 0 Å². The maximum absolute atomic E-state index is 13.4. The summed E-state index contributed by atoms with van der Waals surface area (Å²) in [6.45, 7) is 3.51. The molecule has 2 fully saturated rings. The maximum Gasteiger partial charge on any atom is 0.251 e. The SMILES string of the molecule is O=C1C[C@H](N2CCN(Cc3ccc(Cl)cc3Cl)CC2)C(=O)N1c1ccc(F)c(Cl)c1. The topological polar surface area (TPSA) is 43.9 Å². The lowest BCUT2D eigenvalue weighted by Crippen LogP contribution is -2.52. The number of carbonyl (C=O) groups is 2. The van der Waals surface area contributed by atoms with E-state index in [4.69, 9.17) is 34.8 Å². The van der Waals surface area contributed by atoms with Gasteiger partial charge in [0.05, 0.1) is 23.2 Å². The molecule has 0 aromatic heterocycles. The first-order valence-corrected chi connectivity index (χ1v) is 10.7. The van der Waals surface area contributed by atoms with Gasteiger partial charge >= 0.3 is 0 Å². The first-order chi connectivity index (χ1) is 14.3. The van der Waals surface area contributed by atoms with Crippen LogP contribution in [0.1, 0.15) is 12.0 Å². The van der Waals surface area contributed by atoms with E-state index in [-0.39, 0.29) is 23.3 Å². The highest BCUT2D eigenvalue weighted by atomic mass is 35.5. The molecule has 0 spiro atoms. The summed E-state index contributed by atoms with van der Waals surface area (Å²) >= 11 is 18.0. The minimum absolute atomic E-state index is 0.108. The largest absolute Gasteiger partial charge is 0.296 e. The molecule has 1 atom stereocenters. The van der Waals surface area contributed by atoms with Crippen LogP contribution in [0.3, 0.4) is 0 Å². The van der Waals surface area contributed by atoms with Gasteiger partial charge < -0.3 is 0 Å². The van der Waals surface area contributed by atoms with Crippen molar-refractivity contribution in [2.75, 3.05) is 31.1 Å². The molecule has 0 saturated carbocycles. The molecule has 0 radical (unpaired) electrons. The maximum atomic E-state index is 13.4. The molecule has 2 aliphatic heterocycles. The summed E-state index contributed by atoms with van der Waals surface area (Å²) in [6, 6.07) is 8.82. The van der Waals surface area contributed by atoms with E-state index in [1.165, 1.54) is 12.1 Å². The molecule has 2 saturated heterocycles. The van der Waals surface area contributed by atoms with Crippen LogP contribution in [0.15, 0.2) is 36.4 Å². The highest BCUT2D eigenvalue weighted by Gasteiger charge is 2.43. The number of carbonyl (C=O) groups excluding carboxylic acids is 2. The van der Waals surface area contributed by atoms with Gasteiger partial charge in [-0.1, -0.05) is 40.9 Å².